The lowest BCUT2D eigenvalue weighted by Gasteiger charge is -2.12. The van der Waals surface area contributed by atoms with Crippen molar-refractivity contribution < 1.29 is 9.90 Å². The van der Waals surface area contributed by atoms with Gasteiger partial charge in [0.25, 0.3) is 5.91 Å². The van der Waals surface area contributed by atoms with Gasteiger partial charge in [0.15, 0.2) is 0 Å². The number of nitrogens with zero attached hydrogens (tertiary/aromatic N) is 1. The molecule has 21 heavy (non-hydrogen) atoms. The van der Waals surface area contributed by atoms with E-state index < -0.39 is 0 Å². The van der Waals surface area contributed by atoms with Crippen molar-refractivity contribution in [1.29, 1.82) is 0 Å². The standard InChI is InChI=1S/C15H16ClN3O2/c16-11-3-1-10(2-4-11)13-12(7-18-19-13)14(21)17-8-15(9-20)5-6-15/h1-4,7,20H,5-6,8-9H2,(H,17,21)(H,18,19). The highest BCUT2D eigenvalue weighted by Crippen LogP contribution is 2.44. The van der Waals surface area contributed by atoms with Gasteiger partial charge in [-0.05, 0) is 25.0 Å². The van der Waals surface area contributed by atoms with Crippen LogP contribution in [0.2, 0.25) is 5.02 Å². The van der Waals surface area contributed by atoms with E-state index in [-0.39, 0.29) is 17.9 Å². The fourth-order valence-corrected chi connectivity index (χ4v) is 2.35. The molecule has 1 amide bonds. The van der Waals surface area contributed by atoms with Crippen molar-refractivity contribution in [2.24, 2.45) is 5.41 Å². The predicted octanol–water partition coefficient (Wildman–Crippen LogP) is 2.23. The molecule has 1 heterocycles. The molecule has 110 valence electrons. The second-order valence-corrected chi connectivity index (χ2v) is 5.94. The Balaban J connectivity index is 1.75. The van der Waals surface area contributed by atoms with Crippen LogP contribution in [0.15, 0.2) is 30.5 Å². The van der Waals surface area contributed by atoms with Gasteiger partial charge in [-0.1, -0.05) is 23.7 Å². The van der Waals surface area contributed by atoms with Gasteiger partial charge in [0.2, 0.25) is 0 Å². The quantitative estimate of drug-likeness (QED) is 0.792. The van der Waals surface area contributed by atoms with E-state index in [0.717, 1.165) is 18.4 Å². The number of H-pyrrole nitrogens is 1. The van der Waals surface area contributed by atoms with Gasteiger partial charge >= 0.3 is 0 Å². The molecule has 0 bridgehead atoms. The summed E-state index contributed by atoms with van der Waals surface area (Å²) in [7, 11) is 0. The number of aromatic nitrogens is 2. The number of amides is 1. The Morgan fingerprint density at radius 1 is 1.38 bits per heavy atom. The van der Waals surface area contributed by atoms with E-state index >= 15 is 0 Å². The van der Waals surface area contributed by atoms with E-state index in [9.17, 15) is 9.90 Å². The molecule has 1 fully saturated rings. The molecule has 0 saturated heterocycles. The summed E-state index contributed by atoms with van der Waals surface area (Å²) in [6.45, 7) is 0.607. The first-order chi connectivity index (χ1) is 10.1. The Morgan fingerprint density at radius 3 is 2.71 bits per heavy atom. The van der Waals surface area contributed by atoms with Gasteiger partial charge in [0, 0.05) is 22.5 Å². The minimum Gasteiger partial charge on any atom is -0.396 e. The molecule has 1 aliphatic rings. The molecule has 3 rings (SSSR count). The van der Waals surface area contributed by atoms with E-state index in [2.05, 4.69) is 15.5 Å². The Kier molecular flexibility index (Phi) is 3.69. The summed E-state index contributed by atoms with van der Waals surface area (Å²) in [5.41, 5.74) is 1.90. The summed E-state index contributed by atoms with van der Waals surface area (Å²) >= 11 is 5.87. The van der Waals surface area contributed by atoms with Crippen molar-refractivity contribution in [2.45, 2.75) is 12.8 Å². The van der Waals surface area contributed by atoms with Crippen molar-refractivity contribution in [3.05, 3.63) is 41.0 Å². The molecule has 0 atom stereocenters. The Bertz CT molecular complexity index is 647. The van der Waals surface area contributed by atoms with Crippen LogP contribution >= 0.6 is 11.6 Å². The van der Waals surface area contributed by atoms with E-state index in [0.29, 0.717) is 22.8 Å². The fraction of sp³-hybridized carbons (Fsp3) is 0.333. The van der Waals surface area contributed by atoms with Crippen LogP contribution in [-0.4, -0.2) is 34.4 Å². The Morgan fingerprint density at radius 2 is 2.10 bits per heavy atom. The van der Waals surface area contributed by atoms with Gasteiger partial charge in [-0.25, -0.2) is 0 Å². The highest BCUT2D eigenvalue weighted by molar-refractivity contribution is 6.30. The third-order valence-electron chi connectivity index (χ3n) is 3.93. The molecule has 6 heteroatoms. The van der Waals surface area contributed by atoms with E-state index in [4.69, 9.17) is 11.6 Å². The largest absolute Gasteiger partial charge is 0.396 e. The SMILES string of the molecule is O=C(NCC1(CO)CC1)c1cn[nH]c1-c1ccc(Cl)cc1. The summed E-state index contributed by atoms with van der Waals surface area (Å²) in [5, 5.41) is 19.6. The Hall–Kier alpha value is -1.85. The van der Waals surface area contributed by atoms with Crippen LogP contribution in [0, 0.1) is 5.41 Å². The second-order valence-electron chi connectivity index (χ2n) is 5.51. The van der Waals surface area contributed by atoms with Gasteiger partial charge in [0.05, 0.1) is 24.1 Å². The third-order valence-corrected chi connectivity index (χ3v) is 4.19. The van der Waals surface area contributed by atoms with Crippen molar-refractivity contribution >= 4 is 17.5 Å². The number of nitrogens with one attached hydrogen (secondary N) is 2. The normalized spacial score (nSPS) is 15.7. The summed E-state index contributed by atoms with van der Waals surface area (Å²) in [5.74, 6) is -0.187. The van der Waals surface area contributed by atoms with Gasteiger partial charge in [-0.15, -0.1) is 0 Å². The lowest BCUT2D eigenvalue weighted by molar-refractivity contribution is 0.0936. The minimum absolute atomic E-state index is 0.111. The number of hydrogen-bond acceptors (Lipinski definition) is 3. The predicted molar refractivity (Wildman–Crippen MR) is 80.1 cm³/mol. The van der Waals surface area contributed by atoms with Gasteiger partial charge in [0.1, 0.15) is 0 Å². The molecule has 2 aromatic rings. The minimum atomic E-state index is -0.187. The van der Waals surface area contributed by atoms with Gasteiger partial charge in [-0.2, -0.15) is 5.10 Å². The average molecular weight is 306 g/mol. The lowest BCUT2D eigenvalue weighted by atomic mass is 10.1. The lowest BCUT2D eigenvalue weighted by Crippen LogP contribution is -2.31. The number of aliphatic hydroxyl groups excluding tert-OH is 1. The molecular formula is C15H16ClN3O2. The van der Waals surface area contributed by atoms with Crippen LogP contribution in [0.3, 0.4) is 0 Å². The summed E-state index contributed by atoms with van der Waals surface area (Å²) < 4.78 is 0. The molecule has 0 unspecified atom stereocenters. The zero-order valence-electron chi connectivity index (χ0n) is 11.4. The highest BCUT2D eigenvalue weighted by atomic mass is 35.5. The molecule has 1 aliphatic carbocycles. The number of halogens is 1. The topological polar surface area (TPSA) is 78.0 Å². The van der Waals surface area contributed by atoms with E-state index in [1.54, 1.807) is 12.1 Å². The number of aromatic amines is 1. The second kappa shape index (κ2) is 5.50. The Labute approximate surface area is 127 Å². The number of rotatable bonds is 5. The number of benzene rings is 1. The number of hydrogen-bond donors (Lipinski definition) is 3. The fourth-order valence-electron chi connectivity index (χ4n) is 2.23. The van der Waals surface area contributed by atoms with Gasteiger partial charge < -0.3 is 10.4 Å². The zero-order valence-corrected chi connectivity index (χ0v) is 12.2. The molecular weight excluding hydrogens is 290 g/mol. The molecule has 1 aromatic carbocycles. The van der Waals surface area contributed by atoms with Crippen LogP contribution in [0.4, 0.5) is 0 Å². The zero-order chi connectivity index (χ0) is 14.9. The third kappa shape index (κ3) is 2.94. The molecule has 3 N–H and O–H groups in total. The van der Waals surface area contributed by atoms with Crippen LogP contribution in [0.25, 0.3) is 11.3 Å². The van der Waals surface area contributed by atoms with Crippen molar-refractivity contribution in [3.8, 4) is 11.3 Å². The van der Waals surface area contributed by atoms with E-state index in [1.807, 2.05) is 12.1 Å². The summed E-state index contributed by atoms with van der Waals surface area (Å²) in [6, 6.07) is 7.21. The van der Waals surface area contributed by atoms with Crippen LogP contribution in [0.5, 0.6) is 0 Å². The first kappa shape index (κ1) is 14.1. The van der Waals surface area contributed by atoms with Crippen LogP contribution in [0.1, 0.15) is 23.2 Å². The van der Waals surface area contributed by atoms with Crippen LogP contribution < -0.4 is 5.32 Å². The maximum absolute atomic E-state index is 12.3. The van der Waals surface area contributed by atoms with Gasteiger partial charge in [-0.3, -0.25) is 9.89 Å². The highest BCUT2D eigenvalue weighted by Gasteiger charge is 2.42. The molecule has 0 aliphatic heterocycles. The number of carbonyl (C=O) groups excluding carboxylic acids is 1. The first-order valence-corrected chi connectivity index (χ1v) is 7.20. The van der Waals surface area contributed by atoms with Crippen LogP contribution in [-0.2, 0) is 0 Å². The maximum atomic E-state index is 12.3. The maximum Gasteiger partial charge on any atom is 0.255 e. The first-order valence-electron chi connectivity index (χ1n) is 6.82. The number of aliphatic hydroxyl groups is 1. The average Bonchev–Trinajstić information content (AvgIpc) is 3.12. The molecule has 0 spiro atoms. The molecule has 0 radical (unpaired) electrons. The molecule has 5 nitrogen and oxygen atoms in total. The smallest absolute Gasteiger partial charge is 0.255 e. The van der Waals surface area contributed by atoms with Crippen molar-refractivity contribution in [1.82, 2.24) is 15.5 Å². The summed E-state index contributed by atoms with van der Waals surface area (Å²) in [6.07, 6.45) is 3.43. The molecule has 1 aromatic heterocycles. The van der Waals surface area contributed by atoms with E-state index in [1.165, 1.54) is 6.20 Å². The van der Waals surface area contributed by atoms with Crippen molar-refractivity contribution in [2.75, 3.05) is 13.2 Å². The van der Waals surface area contributed by atoms with Crippen molar-refractivity contribution in [3.63, 3.8) is 0 Å². The monoisotopic (exact) mass is 305 g/mol. The molecule has 1 saturated carbocycles. The summed E-state index contributed by atoms with van der Waals surface area (Å²) in [4.78, 5) is 12.3. The number of carbonyl (C=O) groups is 1.